The van der Waals surface area contributed by atoms with Crippen LogP contribution in [0.4, 0.5) is 10.5 Å². The molecule has 160 valence electrons. The van der Waals surface area contributed by atoms with Crippen LogP contribution >= 0.6 is 11.3 Å². The molecule has 2 aliphatic rings. The molecule has 2 aromatic rings. The number of anilines is 1. The number of nitrogens with zero attached hydrogens (tertiary/aromatic N) is 1. The summed E-state index contributed by atoms with van der Waals surface area (Å²) in [7, 11) is 0. The smallest absolute Gasteiger partial charge is 0.319 e. The fourth-order valence-corrected chi connectivity index (χ4v) is 5.16. The molecule has 1 unspecified atom stereocenters. The molecule has 2 N–H and O–H groups in total. The van der Waals surface area contributed by atoms with Gasteiger partial charge in [0, 0.05) is 23.7 Å². The molecule has 3 amide bonds. The van der Waals surface area contributed by atoms with Crippen molar-refractivity contribution >= 4 is 29.0 Å². The number of hydrogen-bond acceptors (Lipinski definition) is 4. The van der Waals surface area contributed by atoms with E-state index < -0.39 is 0 Å². The third-order valence-electron chi connectivity index (χ3n) is 5.94. The quantitative estimate of drug-likeness (QED) is 0.726. The van der Waals surface area contributed by atoms with Gasteiger partial charge in [-0.25, -0.2) is 4.79 Å². The van der Waals surface area contributed by atoms with Crippen molar-refractivity contribution in [2.24, 2.45) is 5.92 Å². The highest BCUT2D eigenvalue weighted by molar-refractivity contribution is 7.10. The summed E-state index contributed by atoms with van der Waals surface area (Å²) in [5.74, 6) is 0.620. The Morgan fingerprint density at radius 2 is 1.83 bits per heavy atom. The van der Waals surface area contributed by atoms with E-state index in [0.717, 1.165) is 24.1 Å². The molecule has 7 heteroatoms. The molecule has 1 aliphatic heterocycles. The first-order valence-electron chi connectivity index (χ1n) is 10.7. The fraction of sp³-hybridized carbons (Fsp3) is 0.478. The number of thiophene rings is 1. The molecule has 1 saturated heterocycles. The lowest BCUT2D eigenvalue weighted by Gasteiger charge is -2.26. The molecule has 2 heterocycles. The van der Waals surface area contributed by atoms with Crippen LogP contribution in [-0.4, -0.2) is 43.1 Å². The summed E-state index contributed by atoms with van der Waals surface area (Å²) in [6, 6.07) is 11.6. The number of benzene rings is 1. The zero-order valence-electron chi connectivity index (χ0n) is 17.1. The van der Waals surface area contributed by atoms with Crippen LogP contribution in [0.2, 0.25) is 0 Å². The monoisotopic (exact) mass is 427 g/mol. The zero-order valence-corrected chi connectivity index (χ0v) is 18.0. The molecule has 0 bridgehead atoms. The van der Waals surface area contributed by atoms with E-state index in [4.69, 9.17) is 4.74 Å². The van der Waals surface area contributed by atoms with Crippen LogP contribution in [0.5, 0.6) is 0 Å². The van der Waals surface area contributed by atoms with Gasteiger partial charge in [-0.05, 0) is 47.9 Å². The number of urea groups is 1. The summed E-state index contributed by atoms with van der Waals surface area (Å²) >= 11 is 1.70. The van der Waals surface area contributed by atoms with Crippen LogP contribution in [0.15, 0.2) is 41.8 Å². The maximum atomic E-state index is 12.7. The number of nitrogens with one attached hydrogen (secondary N) is 2. The van der Waals surface area contributed by atoms with Crippen LogP contribution in [0.25, 0.3) is 0 Å². The standard InChI is InChI=1S/C23H29N3O3S/c27-21(26-11-13-29-14-12-26)16-17-7-9-19(10-8-17)24-23(28)25-22(18-4-1-2-5-18)20-6-3-15-30-20/h3,6-10,15,18,22H,1-2,4-5,11-14,16H2,(H2,24,25,28). The number of amides is 3. The molecule has 30 heavy (non-hydrogen) atoms. The molecule has 1 aromatic heterocycles. The maximum absolute atomic E-state index is 12.7. The van der Waals surface area contributed by atoms with Crippen molar-refractivity contribution in [2.45, 2.75) is 38.1 Å². The molecule has 0 radical (unpaired) electrons. The van der Waals surface area contributed by atoms with Gasteiger partial charge in [-0.2, -0.15) is 0 Å². The lowest BCUT2D eigenvalue weighted by atomic mass is 9.97. The van der Waals surface area contributed by atoms with Gasteiger partial charge in [0.05, 0.1) is 25.7 Å². The first-order valence-corrected chi connectivity index (χ1v) is 11.6. The van der Waals surface area contributed by atoms with Crippen LogP contribution in [0, 0.1) is 5.92 Å². The molecule has 0 spiro atoms. The van der Waals surface area contributed by atoms with Crippen molar-refractivity contribution in [2.75, 3.05) is 31.6 Å². The highest BCUT2D eigenvalue weighted by Crippen LogP contribution is 2.37. The molecule has 1 atom stereocenters. The van der Waals surface area contributed by atoms with Gasteiger partial charge in [-0.15, -0.1) is 11.3 Å². The van der Waals surface area contributed by atoms with E-state index in [0.29, 0.717) is 38.6 Å². The Bertz CT molecular complexity index is 826. The zero-order chi connectivity index (χ0) is 20.8. The van der Waals surface area contributed by atoms with Gasteiger partial charge in [0.15, 0.2) is 0 Å². The Hall–Kier alpha value is -2.38. The molecule has 6 nitrogen and oxygen atoms in total. The van der Waals surface area contributed by atoms with Gasteiger partial charge in [-0.3, -0.25) is 4.79 Å². The lowest BCUT2D eigenvalue weighted by molar-refractivity contribution is -0.134. The Kier molecular flexibility index (Phi) is 7.02. The first kappa shape index (κ1) is 20.9. The number of carbonyl (C=O) groups is 2. The molecule has 1 aromatic carbocycles. The molecule has 2 fully saturated rings. The second-order valence-corrected chi connectivity index (χ2v) is 8.98. The number of carbonyl (C=O) groups excluding carboxylic acids is 2. The summed E-state index contributed by atoms with van der Waals surface area (Å²) in [6.07, 6.45) is 5.17. The van der Waals surface area contributed by atoms with Crippen molar-refractivity contribution in [3.8, 4) is 0 Å². The molecular weight excluding hydrogens is 398 g/mol. The normalized spacial score (nSPS) is 18.2. The largest absolute Gasteiger partial charge is 0.378 e. The van der Waals surface area contributed by atoms with E-state index in [9.17, 15) is 9.59 Å². The van der Waals surface area contributed by atoms with Crippen molar-refractivity contribution in [3.63, 3.8) is 0 Å². The van der Waals surface area contributed by atoms with E-state index in [2.05, 4.69) is 22.1 Å². The predicted octanol–water partition coefficient (Wildman–Crippen LogP) is 4.20. The van der Waals surface area contributed by atoms with Crippen LogP contribution < -0.4 is 10.6 Å². The molecule has 1 saturated carbocycles. The van der Waals surface area contributed by atoms with E-state index in [1.807, 2.05) is 35.2 Å². The highest BCUT2D eigenvalue weighted by atomic mass is 32.1. The summed E-state index contributed by atoms with van der Waals surface area (Å²) in [6.45, 7) is 2.53. The van der Waals surface area contributed by atoms with Crippen LogP contribution in [-0.2, 0) is 16.0 Å². The lowest BCUT2D eigenvalue weighted by Crippen LogP contribution is -2.41. The van der Waals surface area contributed by atoms with E-state index >= 15 is 0 Å². The minimum Gasteiger partial charge on any atom is -0.378 e. The van der Waals surface area contributed by atoms with Gasteiger partial charge >= 0.3 is 6.03 Å². The topological polar surface area (TPSA) is 70.7 Å². The highest BCUT2D eigenvalue weighted by Gasteiger charge is 2.28. The molecule has 1 aliphatic carbocycles. The molecular formula is C23H29N3O3S. The SMILES string of the molecule is O=C(Nc1ccc(CC(=O)N2CCOCC2)cc1)NC(c1cccs1)C1CCCC1. The van der Waals surface area contributed by atoms with Gasteiger partial charge in [0.1, 0.15) is 0 Å². The Balaban J connectivity index is 1.32. The Morgan fingerprint density at radius 1 is 1.10 bits per heavy atom. The van der Waals surface area contributed by atoms with Gasteiger partial charge < -0.3 is 20.3 Å². The summed E-state index contributed by atoms with van der Waals surface area (Å²) < 4.78 is 5.30. The minimum absolute atomic E-state index is 0.0675. The molecule has 4 rings (SSSR count). The maximum Gasteiger partial charge on any atom is 0.319 e. The van der Waals surface area contributed by atoms with Gasteiger partial charge in [-0.1, -0.05) is 31.0 Å². The third kappa shape index (κ3) is 5.40. The average Bonchev–Trinajstić information content (AvgIpc) is 3.49. The number of rotatable bonds is 6. The fourth-order valence-electron chi connectivity index (χ4n) is 4.29. The summed E-state index contributed by atoms with van der Waals surface area (Å²) in [5, 5.41) is 8.20. The van der Waals surface area contributed by atoms with Crippen LogP contribution in [0.1, 0.15) is 42.2 Å². The second-order valence-electron chi connectivity index (χ2n) is 8.00. The van der Waals surface area contributed by atoms with Gasteiger partial charge in [0.2, 0.25) is 5.91 Å². The average molecular weight is 428 g/mol. The Morgan fingerprint density at radius 3 is 2.50 bits per heavy atom. The second kappa shape index (κ2) is 10.1. The van der Waals surface area contributed by atoms with E-state index in [1.54, 1.807) is 11.3 Å². The van der Waals surface area contributed by atoms with Crippen molar-refractivity contribution < 1.29 is 14.3 Å². The van der Waals surface area contributed by atoms with Crippen molar-refractivity contribution in [3.05, 3.63) is 52.2 Å². The number of hydrogen-bond donors (Lipinski definition) is 2. The Labute approximate surface area is 181 Å². The summed E-state index contributed by atoms with van der Waals surface area (Å²) in [4.78, 5) is 28.1. The van der Waals surface area contributed by atoms with E-state index in [-0.39, 0.29) is 18.0 Å². The van der Waals surface area contributed by atoms with Crippen molar-refractivity contribution in [1.82, 2.24) is 10.2 Å². The van der Waals surface area contributed by atoms with Crippen molar-refractivity contribution in [1.29, 1.82) is 0 Å². The minimum atomic E-state index is -0.183. The predicted molar refractivity (Wildman–Crippen MR) is 119 cm³/mol. The summed E-state index contributed by atoms with van der Waals surface area (Å²) in [5.41, 5.74) is 1.67. The first-order chi connectivity index (χ1) is 14.7. The van der Waals surface area contributed by atoms with Crippen LogP contribution in [0.3, 0.4) is 0 Å². The number of morpholine rings is 1. The third-order valence-corrected chi connectivity index (χ3v) is 6.89. The van der Waals surface area contributed by atoms with Gasteiger partial charge in [0.25, 0.3) is 0 Å². The number of ether oxygens (including phenoxy) is 1. The van der Waals surface area contributed by atoms with E-state index in [1.165, 1.54) is 17.7 Å².